The Bertz CT molecular complexity index is 5560. The highest BCUT2D eigenvalue weighted by Gasteiger charge is 2.55. The van der Waals surface area contributed by atoms with Crippen LogP contribution in [0.25, 0.3) is 72.0 Å². The molecule has 3 nitrogen and oxygen atoms in total. The van der Waals surface area contributed by atoms with Crippen LogP contribution in [0.5, 0.6) is 11.5 Å². The van der Waals surface area contributed by atoms with Gasteiger partial charge in [0.25, 0.3) is 0 Å². The van der Waals surface area contributed by atoms with Crippen molar-refractivity contribution in [1.29, 1.82) is 0 Å². The minimum absolute atomic E-state index is 0.0294. The van der Waals surface area contributed by atoms with Crippen molar-refractivity contribution < 1.29 is 22.6 Å². The molecule has 0 atom stereocenters. The van der Waals surface area contributed by atoms with E-state index in [0.29, 0.717) is 28.4 Å². The lowest BCUT2D eigenvalue weighted by molar-refractivity contribution is 0.435. The monoisotopic (exact) mass is 1160 g/mol. The average Bonchev–Trinajstić information content (AvgIpc) is 0.780. The van der Waals surface area contributed by atoms with E-state index in [-0.39, 0.29) is 55.7 Å². The molecule has 1 spiro atoms. The zero-order valence-electron chi connectivity index (χ0n) is 64.3. The largest absolute Gasteiger partial charge is 0.457 e. The minimum Gasteiger partial charge on any atom is -0.457 e. The third-order valence-corrected chi connectivity index (χ3v) is 18.7. The SMILES string of the molecule is [2H]c1c([2H])c([2H])c(-c2ccc3c(c2)B2c4ccc(-n5c6c([2H])c([2H])c([2H])c([2H])c6c6c([2H])c([2H])c([2H])c([2H])c65)cc4N(c4c(-c5ccccc5)cc(C(C)(C)C)cc4-c4ccccc4)c4cc(-c5cc(C(C)(C)C)cc(C(C)(C)C)c5)cc(c42)C32c3ccccc3Oc3ccccc32)c([2H])c1[2H]. The highest BCUT2D eigenvalue weighted by molar-refractivity contribution is 6.99. The number of para-hydroxylation sites is 4. The summed E-state index contributed by atoms with van der Waals surface area (Å²) in [5, 5.41) is -0.105. The van der Waals surface area contributed by atoms with E-state index in [1.54, 1.807) is 4.57 Å². The van der Waals surface area contributed by atoms with Crippen LogP contribution in [0.3, 0.4) is 0 Å². The standard InChI is InChI=1S/C85H71BN2O/c1-82(2,3)60-45-58(46-61(50-60)83(4,5)6)59-47-71-80-77(49-59)88(81-66(55-29-15-11-16-30-55)51-62(84(7,8)9)52-67(81)56-31-17-12-18-32-56)76-53-63(87-74-37-23-19-33-64(74)65-34-20-24-38-75(65)87)42-44-72(76)86(80)73-48-57(54-27-13-10-14-28-54)41-43-68(73)85(71)69-35-21-25-39-78(69)89-79-40-26-22-36-70(79)85/h10-53H,1-9H3/i10D,13D,14D,19D,20D,23D,24D,27D,28D,33D,34D,37D,38D. The molecular formula is C85H71BN2O. The molecule has 13 aromatic rings. The van der Waals surface area contributed by atoms with Gasteiger partial charge in [0.1, 0.15) is 11.5 Å². The second kappa shape index (κ2) is 20.1. The molecule has 0 amide bonds. The predicted octanol–water partition coefficient (Wildman–Crippen LogP) is 20.4. The van der Waals surface area contributed by atoms with Crippen LogP contribution < -0.4 is 26.0 Å². The second-order valence-electron chi connectivity index (χ2n) is 27.1. The molecule has 0 N–H and O–H groups in total. The fraction of sp³-hybridized carbons (Fsp3) is 0.153. The smallest absolute Gasteiger partial charge is 0.247 e. The molecule has 0 fully saturated rings. The maximum Gasteiger partial charge on any atom is 0.247 e. The van der Waals surface area contributed by atoms with Crippen molar-refractivity contribution in [3.8, 4) is 61.7 Å². The van der Waals surface area contributed by atoms with Crippen LogP contribution in [0.15, 0.2) is 267 Å². The maximum atomic E-state index is 9.81. The lowest BCUT2D eigenvalue weighted by Gasteiger charge is -2.50. The first kappa shape index (κ1) is 42.1. The van der Waals surface area contributed by atoms with E-state index in [0.717, 1.165) is 100 Å². The Kier molecular flexibility index (Phi) is 9.49. The van der Waals surface area contributed by atoms with Crippen molar-refractivity contribution in [2.24, 2.45) is 0 Å². The van der Waals surface area contributed by atoms with Gasteiger partial charge in [-0.05, 0) is 149 Å². The van der Waals surface area contributed by atoms with Gasteiger partial charge in [0.05, 0.1) is 40.0 Å². The van der Waals surface area contributed by atoms with Crippen molar-refractivity contribution in [3.63, 3.8) is 0 Å². The van der Waals surface area contributed by atoms with E-state index in [1.807, 2.05) is 103 Å². The number of rotatable bonds is 6. The molecule has 4 heteroatoms. The molecule has 0 unspecified atom stereocenters. The summed E-state index contributed by atoms with van der Waals surface area (Å²) in [5.74, 6) is 1.27. The normalized spacial score (nSPS) is 15.9. The molecule has 0 radical (unpaired) electrons. The Morgan fingerprint density at radius 2 is 0.899 bits per heavy atom. The molecule has 0 aliphatic carbocycles. The number of ether oxygens (including phenoxy) is 1. The quantitative estimate of drug-likeness (QED) is 0.154. The summed E-state index contributed by atoms with van der Waals surface area (Å²) < 4.78 is 130. The minimum atomic E-state index is -1.22. The van der Waals surface area contributed by atoms with Crippen LogP contribution in [0.1, 0.15) is 119 Å². The van der Waals surface area contributed by atoms with Crippen LogP contribution in [0.2, 0.25) is 0 Å². The number of benzene rings is 12. The number of fused-ring (bicyclic) bond motifs is 13. The van der Waals surface area contributed by atoms with Gasteiger partial charge in [0.15, 0.2) is 0 Å². The van der Waals surface area contributed by atoms with Crippen LogP contribution >= 0.6 is 0 Å². The molecule has 16 rings (SSSR count). The zero-order chi connectivity index (χ0) is 72.0. The van der Waals surface area contributed by atoms with Gasteiger partial charge in [-0.15, -0.1) is 0 Å². The van der Waals surface area contributed by atoms with E-state index < -0.39 is 78.6 Å². The Morgan fingerprint density at radius 3 is 1.47 bits per heavy atom. The lowest BCUT2D eigenvalue weighted by atomic mass is 9.29. The van der Waals surface area contributed by atoms with Crippen molar-refractivity contribution >= 4 is 62.0 Å². The van der Waals surface area contributed by atoms with Crippen molar-refractivity contribution in [2.45, 2.75) is 84.0 Å². The van der Waals surface area contributed by atoms with Crippen LogP contribution in [0.4, 0.5) is 17.1 Å². The first-order valence-corrected chi connectivity index (χ1v) is 30.6. The Morgan fingerprint density at radius 1 is 0.382 bits per heavy atom. The molecule has 89 heavy (non-hydrogen) atoms. The van der Waals surface area contributed by atoms with Gasteiger partial charge in [-0.1, -0.05) is 274 Å². The highest BCUT2D eigenvalue weighted by atomic mass is 16.5. The van der Waals surface area contributed by atoms with Gasteiger partial charge in [0.2, 0.25) is 6.71 Å². The third-order valence-electron chi connectivity index (χ3n) is 18.7. The number of aromatic nitrogens is 1. The molecule has 0 bridgehead atoms. The molecule has 12 aromatic carbocycles. The van der Waals surface area contributed by atoms with E-state index >= 15 is 0 Å². The average molecular weight is 1160 g/mol. The molecule has 3 aliphatic heterocycles. The van der Waals surface area contributed by atoms with Gasteiger partial charge < -0.3 is 14.2 Å². The highest BCUT2D eigenvalue weighted by Crippen LogP contribution is 2.59. The Balaban J connectivity index is 1.17. The van der Waals surface area contributed by atoms with Crippen molar-refractivity contribution in [2.75, 3.05) is 4.90 Å². The van der Waals surface area contributed by atoms with E-state index in [2.05, 4.69) is 152 Å². The zero-order valence-corrected chi connectivity index (χ0v) is 51.3. The Labute approximate surface area is 542 Å². The topological polar surface area (TPSA) is 17.4 Å². The van der Waals surface area contributed by atoms with Crippen LogP contribution in [-0.2, 0) is 21.7 Å². The van der Waals surface area contributed by atoms with E-state index in [9.17, 15) is 11.0 Å². The van der Waals surface area contributed by atoms with Crippen LogP contribution in [-0.4, -0.2) is 11.3 Å². The first-order chi connectivity index (χ1) is 48.4. The van der Waals surface area contributed by atoms with Gasteiger partial charge in [-0.3, -0.25) is 0 Å². The molecular weight excluding hydrogens is 1080 g/mol. The van der Waals surface area contributed by atoms with E-state index in [4.69, 9.17) is 11.6 Å². The molecule has 4 heterocycles. The summed E-state index contributed by atoms with van der Waals surface area (Å²) in [4.78, 5) is 2.36. The summed E-state index contributed by atoms with van der Waals surface area (Å²) in [6.45, 7) is 19.3. The molecule has 430 valence electrons. The van der Waals surface area contributed by atoms with Crippen molar-refractivity contribution in [1.82, 2.24) is 4.57 Å². The van der Waals surface area contributed by atoms with Gasteiger partial charge in [-0.25, -0.2) is 0 Å². The molecule has 1 aromatic heterocycles. The fourth-order valence-corrected chi connectivity index (χ4v) is 14.3. The summed E-state index contributed by atoms with van der Waals surface area (Å²) in [6, 6.07) is 59.0. The van der Waals surface area contributed by atoms with Gasteiger partial charge in [-0.2, -0.15) is 0 Å². The van der Waals surface area contributed by atoms with Gasteiger partial charge >= 0.3 is 0 Å². The summed E-state index contributed by atoms with van der Waals surface area (Å²) in [7, 11) is 0. The third kappa shape index (κ3) is 8.54. The number of anilines is 3. The Hall–Kier alpha value is -9.90. The summed E-state index contributed by atoms with van der Waals surface area (Å²) in [5.41, 5.74) is 15.4. The molecule has 3 aliphatic rings. The number of hydrogen-bond acceptors (Lipinski definition) is 2. The predicted molar refractivity (Wildman–Crippen MR) is 376 cm³/mol. The molecule has 0 saturated carbocycles. The fourth-order valence-electron chi connectivity index (χ4n) is 14.3. The van der Waals surface area contributed by atoms with E-state index in [1.165, 1.54) is 0 Å². The van der Waals surface area contributed by atoms with Crippen LogP contribution in [0, 0.1) is 0 Å². The lowest BCUT2D eigenvalue weighted by Crippen LogP contribution is -2.65. The number of hydrogen-bond donors (Lipinski definition) is 0. The number of nitrogens with zero attached hydrogens (tertiary/aromatic N) is 2. The second-order valence-corrected chi connectivity index (χ2v) is 27.1. The van der Waals surface area contributed by atoms with Gasteiger partial charge in [0, 0.05) is 50.1 Å². The molecule has 0 saturated heterocycles. The summed E-state index contributed by atoms with van der Waals surface area (Å²) >= 11 is 0. The van der Waals surface area contributed by atoms with Crippen molar-refractivity contribution in [3.05, 3.63) is 306 Å². The summed E-state index contributed by atoms with van der Waals surface area (Å²) in [6.07, 6.45) is 0. The first-order valence-electron chi connectivity index (χ1n) is 37.1. The maximum absolute atomic E-state index is 9.81.